The fourth-order valence-electron chi connectivity index (χ4n) is 1.11. The Morgan fingerprint density at radius 2 is 2.27 bits per heavy atom. The van der Waals surface area contributed by atoms with Crippen LogP contribution in [0.5, 0.6) is 0 Å². The van der Waals surface area contributed by atoms with Gasteiger partial charge >= 0.3 is 0 Å². The number of halogens is 1. The number of carbonyl (C=O) groups excluding carboxylic acids is 2. The highest BCUT2D eigenvalue weighted by Gasteiger charge is 2.23. The van der Waals surface area contributed by atoms with Crippen molar-refractivity contribution in [1.82, 2.24) is 10.6 Å². The van der Waals surface area contributed by atoms with E-state index in [1.165, 1.54) is 6.92 Å². The van der Waals surface area contributed by atoms with E-state index in [-0.39, 0.29) is 18.3 Å². The lowest BCUT2D eigenvalue weighted by Crippen LogP contribution is -2.52. The summed E-state index contributed by atoms with van der Waals surface area (Å²) in [6, 6.07) is -0.659. The summed E-state index contributed by atoms with van der Waals surface area (Å²) in [5, 5.41) is 5.49. The Kier molecular flexibility index (Phi) is 6.23. The molecule has 0 radical (unpaired) electrons. The summed E-state index contributed by atoms with van der Waals surface area (Å²) in [6.07, 6.45) is -0.523. The van der Waals surface area contributed by atoms with Gasteiger partial charge in [-0.3, -0.25) is 9.59 Å². The predicted octanol–water partition coefficient (Wildman–Crippen LogP) is -1.61. The minimum atomic E-state index is -0.659. The molecule has 6 nitrogen and oxygen atoms in total. The van der Waals surface area contributed by atoms with Gasteiger partial charge in [-0.25, -0.2) is 0 Å². The summed E-state index contributed by atoms with van der Waals surface area (Å²) in [4.78, 5) is 22.1. The van der Waals surface area contributed by atoms with Crippen molar-refractivity contribution in [2.45, 2.75) is 19.1 Å². The third-order valence-electron chi connectivity index (χ3n) is 2.01. The van der Waals surface area contributed by atoms with Gasteiger partial charge in [0.15, 0.2) is 0 Å². The largest absolute Gasteiger partial charge is 0.368 e. The molecule has 0 aromatic heterocycles. The average Bonchev–Trinajstić information content (AvgIpc) is 2.19. The van der Waals surface area contributed by atoms with Crippen molar-refractivity contribution in [3.63, 3.8) is 0 Å². The zero-order chi connectivity index (χ0) is 10.6. The molecule has 0 bridgehead atoms. The van der Waals surface area contributed by atoms with E-state index in [9.17, 15) is 9.59 Å². The minimum absolute atomic E-state index is 0. The molecule has 4 N–H and O–H groups in total. The van der Waals surface area contributed by atoms with Gasteiger partial charge < -0.3 is 21.1 Å². The molecule has 1 aliphatic heterocycles. The lowest BCUT2D eigenvalue weighted by molar-refractivity contribution is -0.137. The topological polar surface area (TPSA) is 93.4 Å². The predicted molar refractivity (Wildman–Crippen MR) is 56.7 cm³/mol. The zero-order valence-electron chi connectivity index (χ0n) is 8.49. The van der Waals surface area contributed by atoms with Crippen LogP contribution in [0.1, 0.15) is 6.92 Å². The number of hydrogen-bond acceptors (Lipinski definition) is 4. The molecule has 0 aromatic rings. The van der Waals surface area contributed by atoms with Gasteiger partial charge in [0.2, 0.25) is 5.91 Å². The molecule has 7 heteroatoms. The van der Waals surface area contributed by atoms with E-state index in [2.05, 4.69) is 10.6 Å². The summed E-state index contributed by atoms with van der Waals surface area (Å²) in [6.45, 7) is 3.26. The summed E-state index contributed by atoms with van der Waals surface area (Å²) < 4.78 is 5.19. The van der Waals surface area contributed by atoms with Gasteiger partial charge in [-0.1, -0.05) is 0 Å². The number of primary amides is 1. The van der Waals surface area contributed by atoms with E-state index in [1.807, 2.05) is 0 Å². The van der Waals surface area contributed by atoms with Crippen LogP contribution < -0.4 is 16.4 Å². The lowest BCUT2D eigenvalue weighted by Gasteiger charge is -2.23. The Morgan fingerprint density at radius 3 is 2.73 bits per heavy atom. The summed E-state index contributed by atoms with van der Waals surface area (Å²) in [7, 11) is 0. The monoisotopic (exact) mass is 237 g/mol. The summed E-state index contributed by atoms with van der Waals surface area (Å²) >= 11 is 0. The molecule has 0 saturated carbocycles. The van der Waals surface area contributed by atoms with Crippen LogP contribution in [0.4, 0.5) is 0 Å². The van der Waals surface area contributed by atoms with E-state index >= 15 is 0 Å². The number of ether oxygens (including phenoxy) is 1. The molecule has 2 atom stereocenters. The molecule has 1 saturated heterocycles. The van der Waals surface area contributed by atoms with Crippen LogP contribution in [-0.4, -0.2) is 43.7 Å². The second-order valence-corrected chi connectivity index (χ2v) is 3.20. The van der Waals surface area contributed by atoms with E-state index < -0.39 is 18.1 Å². The first-order valence-corrected chi connectivity index (χ1v) is 4.53. The van der Waals surface area contributed by atoms with Crippen LogP contribution in [0.25, 0.3) is 0 Å². The summed E-state index contributed by atoms with van der Waals surface area (Å²) in [5.41, 5.74) is 5.00. The second-order valence-electron chi connectivity index (χ2n) is 3.20. The normalized spacial score (nSPS) is 22.3. The van der Waals surface area contributed by atoms with Crippen molar-refractivity contribution < 1.29 is 14.3 Å². The maximum absolute atomic E-state index is 11.4. The van der Waals surface area contributed by atoms with Crippen LogP contribution in [0.3, 0.4) is 0 Å². The van der Waals surface area contributed by atoms with Crippen molar-refractivity contribution in [2.75, 3.05) is 19.7 Å². The van der Waals surface area contributed by atoms with Gasteiger partial charge in [-0.2, -0.15) is 0 Å². The molecule has 15 heavy (non-hydrogen) atoms. The first kappa shape index (κ1) is 14.2. The number of amides is 2. The highest BCUT2D eigenvalue weighted by molar-refractivity contribution is 5.88. The molecule has 0 aliphatic carbocycles. The first-order chi connectivity index (χ1) is 6.61. The van der Waals surface area contributed by atoms with Crippen LogP contribution in [0, 0.1) is 0 Å². The van der Waals surface area contributed by atoms with E-state index in [0.717, 1.165) is 6.54 Å². The zero-order valence-corrected chi connectivity index (χ0v) is 9.30. The highest BCUT2D eigenvalue weighted by Crippen LogP contribution is 1.96. The van der Waals surface area contributed by atoms with Gasteiger partial charge in [-0.05, 0) is 6.92 Å². The summed E-state index contributed by atoms with van der Waals surface area (Å²) in [5.74, 6) is -0.856. The fraction of sp³-hybridized carbons (Fsp3) is 0.750. The Hall–Kier alpha value is -0.850. The van der Waals surface area contributed by atoms with Crippen molar-refractivity contribution in [3.05, 3.63) is 0 Å². The van der Waals surface area contributed by atoms with Gasteiger partial charge in [0.05, 0.1) is 6.61 Å². The SMILES string of the molecule is C[C@H](NC(=O)[C@@H]1CNCCO1)C(N)=O.Cl. The fourth-order valence-corrected chi connectivity index (χ4v) is 1.11. The standard InChI is InChI=1S/C8H15N3O3.ClH/c1-5(7(9)12)11-8(13)6-4-10-2-3-14-6;/h5-6,10H,2-4H2,1H3,(H2,9,12)(H,11,13);1H/t5-,6-;/m0./s1. The number of morpholine rings is 1. The van der Waals surface area contributed by atoms with Crippen LogP contribution in [0.2, 0.25) is 0 Å². The molecular weight excluding hydrogens is 222 g/mol. The van der Waals surface area contributed by atoms with E-state index in [0.29, 0.717) is 13.2 Å². The quantitative estimate of drug-likeness (QED) is 0.550. The highest BCUT2D eigenvalue weighted by atomic mass is 35.5. The second kappa shape index (κ2) is 6.60. The van der Waals surface area contributed by atoms with Crippen LogP contribution in [-0.2, 0) is 14.3 Å². The Labute approximate surface area is 94.3 Å². The van der Waals surface area contributed by atoms with Crippen molar-refractivity contribution in [2.24, 2.45) is 5.73 Å². The van der Waals surface area contributed by atoms with Gasteiger partial charge in [-0.15, -0.1) is 12.4 Å². The van der Waals surface area contributed by atoms with Crippen molar-refractivity contribution >= 4 is 24.2 Å². The number of rotatable bonds is 3. The van der Waals surface area contributed by atoms with Crippen molar-refractivity contribution in [1.29, 1.82) is 0 Å². The Bertz CT molecular complexity index is 231. The molecule has 0 aromatic carbocycles. The number of nitrogens with two attached hydrogens (primary N) is 1. The average molecular weight is 238 g/mol. The molecular formula is C8H16ClN3O3. The maximum Gasteiger partial charge on any atom is 0.251 e. The number of hydrogen-bond donors (Lipinski definition) is 3. The van der Waals surface area contributed by atoms with Crippen LogP contribution >= 0.6 is 12.4 Å². The molecule has 1 rings (SSSR count). The first-order valence-electron chi connectivity index (χ1n) is 4.53. The molecule has 2 amide bonds. The molecule has 88 valence electrons. The molecule has 1 heterocycles. The minimum Gasteiger partial charge on any atom is -0.368 e. The molecule has 1 fully saturated rings. The third kappa shape index (κ3) is 4.46. The number of nitrogens with one attached hydrogen (secondary N) is 2. The lowest BCUT2D eigenvalue weighted by atomic mass is 10.2. The molecule has 0 unspecified atom stereocenters. The van der Waals surface area contributed by atoms with Gasteiger partial charge in [0.1, 0.15) is 12.1 Å². The maximum atomic E-state index is 11.4. The molecule has 1 aliphatic rings. The van der Waals surface area contributed by atoms with E-state index in [4.69, 9.17) is 10.5 Å². The smallest absolute Gasteiger partial charge is 0.251 e. The molecule has 0 spiro atoms. The van der Waals surface area contributed by atoms with E-state index in [1.54, 1.807) is 0 Å². The Balaban J connectivity index is 0.00000196. The Morgan fingerprint density at radius 1 is 1.60 bits per heavy atom. The van der Waals surface area contributed by atoms with Gasteiger partial charge in [0.25, 0.3) is 5.91 Å². The number of carbonyl (C=O) groups is 2. The third-order valence-corrected chi connectivity index (χ3v) is 2.01. The van der Waals surface area contributed by atoms with Gasteiger partial charge in [0, 0.05) is 13.1 Å². The van der Waals surface area contributed by atoms with Crippen LogP contribution in [0.15, 0.2) is 0 Å². The van der Waals surface area contributed by atoms with Crippen molar-refractivity contribution in [3.8, 4) is 0 Å².